The van der Waals surface area contributed by atoms with Crippen molar-refractivity contribution in [3.63, 3.8) is 0 Å². The zero-order chi connectivity index (χ0) is 19.3. The molecule has 4 rings (SSSR count). The van der Waals surface area contributed by atoms with Crippen molar-refractivity contribution in [1.29, 1.82) is 0 Å². The first kappa shape index (κ1) is 18.5. The maximum atomic E-state index is 12.8. The number of hydrogen-bond acceptors (Lipinski definition) is 3. The molecule has 1 aromatic carbocycles. The summed E-state index contributed by atoms with van der Waals surface area (Å²) in [7, 11) is 0. The Morgan fingerprint density at radius 2 is 1.89 bits per heavy atom. The Morgan fingerprint density at radius 3 is 2.56 bits per heavy atom. The van der Waals surface area contributed by atoms with Crippen LogP contribution >= 0.6 is 0 Å². The van der Waals surface area contributed by atoms with E-state index < -0.39 is 5.41 Å². The minimum atomic E-state index is -0.399. The molecule has 0 spiro atoms. The van der Waals surface area contributed by atoms with Gasteiger partial charge in [0.25, 0.3) is 5.91 Å². The van der Waals surface area contributed by atoms with Crippen molar-refractivity contribution in [2.75, 3.05) is 24.5 Å². The Labute approximate surface area is 162 Å². The minimum Gasteiger partial charge on any atom is -0.348 e. The molecule has 1 saturated heterocycles. The summed E-state index contributed by atoms with van der Waals surface area (Å²) in [5.74, 6) is 0.634. The molecule has 146 valence electrons. The van der Waals surface area contributed by atoms with Crippen LogP contribution in [-0.2, 0) is 11.2 Å². The average Bonchev–Trinajstić information content (AvgIpc) is 3.28. The molecule has 1 saturated carbocycles. The van der Waals surface area contributed by atoms with Gasteiger partial charge in [0.1, 0.15) is 0 Å². The van der Waals surface area contributed by atoms with Crippen molar-refractivity contribution in [1.82, 2.24) is 10.2 Å². The second-order valence-electron chi connectivity index (χ2n) is 9.54. The molecule has 5 heteroatoms. The molecule has 2 unspecified atom stereocenters. The first-order valence-electron chi connectivity index (χ1n) is 10.2. The van der Waals surface area contributed by atoms with Gasteiger partial charge in [0, 0.05) is 48.4 Å². The number of anilines is 1. The number of rotatable bonds is 3. The minimum absolute atomic E-state index is 0.00731. The average molecular weight is 370 g/mol. The highest BCUT2D eigenvalue weighted by Gasteiger charge is 2.39. The molecule has 2 aliphatic heterocycles. The van der Waals surface area contributed by atoms with Crippen molar-refractivity contribution in [2.45, 2.75) is 59.0 Å². The smallest absolute Gasteiger partial charge is 0.251 e. The molecule has 1 N–H and O–H groups in total. The molecule has 0 aromatic heterocycles. The summed E-state index contributed by atoms with van der Waals surface area (Å²) >= 11 is 0. The second-order valence-corrected chi connectivity index (χ2v) is 9.54. The van der Waals surface area contributed by atoms with Crippen LogP contribution in [0.5, 0.6) is 0 Å². The highest BCUT2D eigenvalue weighted by atomic mass is 16.2. The van der Waals surface area contributed by atoms with Crippen molar-refractivity contribution in [2.24, 2.45) is 11.3 Å². The second kappa shape index (κ2) is 6.62. The number of amides is 2. The molecule has 2 amide bonds. The van der Waals surface area contributed by atoms with Gasteiger partial charge < -0.3 is 10.2 Å². The topological polar surface area (TPSA) is 52.7 Å². The maximum absolute atomic E-state index is 12.8. The molecule has 27 heavy (non-hydrogen) atoms. The monoisotopic (exact) mass is 369 g/mol. The normalized spacial score (nSPS) is 25.6. The molecule has 5 nitrogen and oxygen atoms in total. The number of nitrogens with zero attached hydrogens (tertiary/aromatic N) is 2. The van der Waals surface area contributed by atoms with Gasteiger partial charge in [0.05, 0.1) is 0 Å². The number of fused-ring (bicyclic) bond motifs is 1. The summed E-state index contributed by atoms with van der Waals surface area (Å²) in [6.07, 6.45) is 3.43. The van der Waals surface area contributed by atoms with Gasteiger partial charge >= 0.3 is 0 Å². The largest absolute Gasteiger partial charge is 0.348 e. The lowest BCUT2D eigenvalue weighted by atomic mass is 9.94. The molecule has 3 aliphatic rings. The van der Waals surface area contributed by atoms with Crippen LogP contribution in [0.1, 0.15) is 56.5 Å². The van der Waals surface area contributed by atoms with Gasteiger partial charge in [-0.15, -0.1) is 0 Å². The molecule has 1 aromatic rings. The Hall–Kier alpha value is -1.88. The van der Waals surface area contributed by atoms with Crippen LogP contribution < -0.4 is 10.2 Å². The number of nitrogens with one attached hydrogen (secondary N) is 1. The van der Waals surface area contributed by atoms with E-state index in [0.717, 1.165) is 36.8 Å². The maximum Gasteiger partial charge on any atom is 0.251 e. The number of likely N-dealkylation sites (tertiary alicyclic amines) is 1. The first-order valence-corrected chi connectivity index (χ1v) is 10.2. The zero-order valence-corrected chi connectivity index (χ0v) is 16.9. The number of hydrogen-bond donors (Lipinski definition) is 1. The summed E-state index contributed by atoms with van der Waals surface area (Å²) in [6, 6.07) is 6.75. The van der Waals surface area contributed by atoms with Gasteiger partial charge in [-0.1, -0.05) is 27.7 Å². The standard InChI is InChI=1S/C22H31N3O2/c1-14-12-24(17-6-7-17)13-18(14)23-20(26)16-5-8-19-15(11-16)9-10-25(19)21(27)22(2,3)4/h5,8,11,14,17-18H,6-7,9-10,12-13H2,1-4H3,(H,23,26). The van der Waals surface area contributed by atoms with E-state index in [0.29, 0.717) is 18.0 Å². The van der Waals surface area contributed by atoms with E-state index in [4.69, 9.17) is 0 Å². The van der Waals surface area contributed by atoms with E-state index >= 15 is 0 Å². The van der Waals surface area contributed by atoms with Gasteiger partial charge in [-0.05, 0) is 48.9 Å². The molecule has 2 atom stereocenters. The van der Waals surface area contributed by atoms with E-state index in [2.05, 4.69) is 17.1 Å². The van der Waals surface area contributed by atoms with E-state index in [9.17, 15) is 9.59 Å². The molecular weight excluding hydrogens is 338 g/mol. The Morgan fingerprint density at radius 1 is 1.15 bits per heavy atom. The van der Waals surface area contributed by atoms with Crippen LogP contribution in [0, 0.1) is 11.3 Å². The molecule has 0 bridgehead atoms. The highest BCUT2D eigenvalue weighted by molar-refractivity contribution is 6.00. The van der Waals surface area contributed by atoms with Gasteiger partial charge in [0.2, 0.25) is 5.91 Å². The van der Waals surface area contributed by atoms with Gasteiger partial charge in [-0.2, -0.15) is 0 Å². The predicted molar refractivity (Wildman–Crippen MR) is 107 cm³/mol. The summed E-state index contributed by atoms with van der Waals surface area (Å²) in [4.78, 5) is 29.8. The lowest BCUT2D eigenvalue weighted by Crippen LogP contribution is -2.40. The van der Waals surface area contributed by atoms with E-state index in [1.54, 1.807) is 0 Å². The van der Waals surface area contributed by atoms with Crippen molar-refractivity contribution < 1.29 is 9.59 Å². The van der Waals surface area contributed by atoms with E-state index in [-0.39, 0.29) is 17.9 Å². The van der Waals surface area contributed by atoms with Crippen LogP contribution in [0.15, 0.2) is 18.2 Å². The van der Waals surface area contributed by atoms with Crippen molar-refractivity contribution >= 4 is 17.5 Å². The molecular formula is C22H31N3O2. The lowest BCUT2D eigenvalue weighted by Gasteiger charge is -2.26. The fraction of sp³-hybridized carbons (Fsp3) is 0.636. The number of carbonyl (C=O) groups excluding carboxylic acids is 2. The molecule has 0 radical (unpaired) electrons. The third-order valence-corrected chi connectivity index (χ3v) is 6.14. The highest BCUT2D eigenvalue weighted by Crippen LogP contribution is 2.33. The van der Waals surface area contributed by atoms with Crippen LogP contribution in [0.4, 0.5) is 5.69 Å². The fourth-order valence-electron chi connectivity index (χ4n) is 4.34. The van der Waals surface area contributed by atoms with Gasteiger partial charge in [-0.3, -0.25) is 14.5 Å². The third-order valence-electron chi connectivity index (χ3n) is 6.14. The van der Waals surface area contributed by atoms with Crippen LogP contribution in [0.2, 0.25) is 0 Å². The zero-order valence-electron chi connectivity index (χ0n) is 16.9. The van der Waals surface area contributed by atoms with E-state index in [1.165, 1.54) is 12.8 Å². The summed E-state index contributed by atoms with van der Waals surface area (Å²) in [5.41, 5.74) is 2.36. The third kappa shape index (κ3) is 3.62. The van der Waals surface area contributed by atoms with Crippen LogP contribution in [-0.4, -0.2) is 48.4 Å². The van der Waals surface area contributed by atoms with Crippen LogP contribution in [0.25, 0.3) is 0 Å². The Balaban J connectivity index is 1.45. The van der Waals surface area contributed by atoms with Crippen molar-refractivity contribution in [3.05, 3.63) is 29.3 Å². The number of benzene rings is 1. The van der Waals surface area contributed by atoms with Crippen molar-refractivity contribution in [3.8, 4) is 0 Å². The summed E-state index contributed by atoms with van der Waals surface area (Å²) < 4.78 is 0. The molecule has 2 heterocycles. The van der Waals surface area contributed by atoms with Gasteiger partial charge in [0.15, 0.2) is 0 Å². The first-order chi connectivity index (χ1) is 12.7. The summed E-state index contributed by atoms with van der Waals surface area (Å²) in [5, 5.41) is 3.25. The predicted octanol–water partition coefficient (Wildman–Crippen LogP) is 2.83. The van der Waals surface area contributed by atoms with E-state index in [1.807, 2.05) is 43.9 Å². The molecule has 2 fully saturated rings. The fourth-order valence-corrected chi connectivity index (χ4v) is 4.34. The van der Waals surface area contributed by atoms with Gasteiger partial charge in [-0.25, -0.2) is 0 Å². The summed E-state index contributed by atoms with van der Waals surface area (Å²) in [6.45, 7) is 10.8. The Bertz CT molecular complexity index is 763. The molecule has 1 aliphatic carbocycles. The Kier molecular flexibility index (Phi) is 4.53. The number of carbonyl (C=O) groups is 2. The SMILES string of the molecule is CC1CN(C2CC2)CC1NC(=O)c1ccc2c(c1)CCN2C(=O)C(C)(C)C. The quantitative estimate of drug-likeness (QED) is 0.891. The van der Waals surface area contributed by atoms with Crippen LogP contribution in [0.3, 0.4) is 0 Å². The lowest BCUT2D eigenvalue weighted by molar-refractivity contribution is -0.125.